The van der Waals surface area contributed by atoms with Crippen LogP contribution in [0.1, 0.15) is 27.2 Å². The number of hydrogen-bond acceptors (Lipinski definition) is 4. The molecule has 7 heteroatoms. The molecule has 0 bridgehead atoms. The Balaban J connectivity index is 2.68. The van der Waals surface area contributed by atoms with Crippen molar-refractivity contribution in [1.29, 1.82) is 0 Å². The molecule has 2 amide bonds. The molecular weight excluding hydrogens is 268 g/mol. The van der Waals surface area contributed by atoms with Crippen molar-refractivity contribution in [2.45, 2.75) is 39.3 Å². The zero-order chi connectivity index (χ0) is 14.6. The zero-order valence-corrected chi connectivity index (χ0v) is 12.2. The molecule has 108 valence electrons. The highest BCUT2D eigenvalue weighted by molar-refractivity contribution is 7.99. The first kappa shape index (κ1) is 15.8. The van der Waals surface area contributed by atoms with Gasteiger partial charge in [0, 0.05) is 11.7 Å². The van der Waals surface area contributed by atoms with E-state index in [0.29, 0.717) is 11.6 Å². The third-order valence-corrected chi connectivity index (χ3v) is 4.24. The van der Waals surface area contributed by atoms with Gasteiger partial charge in [-0.15, -0.1) is 11.8 Å². The number of carbonyl (C=O) groups excluding carboxylic acids is 2. The number of rotatable bonds is 5. The van der Waals surface area contributed by atoms with Crippen molar-refractivity contribution in [2.24, 2.45) is 5.92 Å². The Labute approximate surface area is 116 Å². The molecule has 0 radical (unpaired) electrons. The standard InChI is InChI=1S/C12H20N2O4S/c1-4-7(2)11(16)14-6-19-5-9(14)10(15)13-8(3)12(17)18/h7-9H,4-6H2,1-3H3,(H,13,15)(H,17,18)/t7?,8-,9?/m1/s1. The molecule has 0 aromatic carbocycles. The number of carboxylic acid groups (broad SMARTS) is 1. The molecule has 1 saturated heterocycles. The van der Waals surface area contributed by atoms with Crippen LogP contribution in [0.5, 0.6) is 0 Å². The Morgan fingerprint density at radius 2 is 2.05 bits per heavy atom. The predicted molar refractivity (Wildman–Crippen MR) is 72.7 cm³/mol. The first-order valence-corrected chi connectivity index (χ1v) is 7.45. The average molecular weight is 288 g/mol. The Bertz CT molecular complexity index is 375. The Hall–Kier alpha value is -1.24. The number of aliphatic carboxylic acids is 1. The fourth-order valence-corrected chi connectivity index (χ4v) is 2.87. The molecule has 1 aliphatic heterocycles. The van der Waals surface area contributed by atoms with Crippen molar-refractivity contribution in [3.63, 3.8) is 0 Å². The van der Waals surface area contributed by atoms with E-state index in [-0.39, 0.29) is 11.8 Å². The van der Waals surface area contributed by atoms with Gasteiger partial charge in [0.05, 0.1) is 5.88 Å². The summed E-state index contributed by atoms with van der Waals surface area (Å²) < 4.78 is 0. The van der Waals surface area contributed by atoms with Gasteiger partial charge in [0.1, 0.15) is 12.1 Å². The molecule has 2 unspecified atom stereocenters. The van der Waals surface area contributed by atoms with Gasteiger partial charge in [-0.2, -0.15) is 0 Å². The molecule has 0 aromatic rings. The second-order valence-corrected chi connectivity index (χ2v) is 5.70. The number of thioether (sulfide) groups is 1. The van der Waals surface area contributed by atoms with Crippen LogP contribution in [-0.2, 0) is 14.4 Å². The van der Waals surface area contributed by atoms with Crippen LogP contribution in [0.3, 0.4) is 0 Å². The smallest absolute Gasteiger partial charge is 0.325 e. The second kappa shape index (κ2) is 6.79. The lowest BCUT2D eigenvalue weighted by atomic mass is 10.1. The molecule has 1 fully saturated rings. The Morgan fingerprint density at radius 1 is 1.42 bits per heavy atom. The van der Waals surface area contributed by atoms with E-state index in [1.807, 2.05) is 13.8 Å². The summed E-state index contributed by atoms with van der Waals surface area (Å²) in [5.74, 6) is -0.639. The molecule has 6 nitrogen and oxygen atoms in total. The molecule has 0 aromatic heterocycles. The second-order valence-electron chi connectivity index (χ2n) is 4.70. The maximum absolute atomic E-state index is 12.1. The van der Waals surface area contributed by atoms with Gasteiger partial charge in [0.15, 0.2) is 0 Å². The van der Waals surface area contributed by atoms with Gasteiger partial charge < -0.3 is 15.3 Å². The van der Waals surface area contributed by atoms with Crippen molar-refractivity contribution in [1.82, 2.24) is 10.2 Å². The average Bonchev–Trinajstić information content (AvgIpc) is 2.85. The predicted octanol–water partition coefficient (Wildman–Crippen LogP) is 0.523. The molecule has 0 spiro atoms. The molecule has 1 heterocycles. The van der Waals surface area contributed by atoms with E-state index < -0.39 is 24.0 Å². The van der Waals surface area contributed by atoms with Crippen LogP contribution in [0.4, 0.5) is 0 Å². The van der Waals surface area contributed by atoms with E-state index in [4.69, 9.17) is 5.11 Å². The van der Waals surface area contributed by atoms with Crippen LogP contribution < -0.4 is 5.32 Å². The zero-order valence-electron chi connectivity index (χ0n) is 11.4. The summed E-state index contributed by atoms with van der Waals surface area (Å²) in [5.41, 5.74) is 0. The minimum absolute atomic E-state index is 0.0457. The highest BCUT2D eigenvalue weighted by Gasteiger charge is 2.36. The van der Waals surface area contributed by atoms with Crippen LogP contribution in [0.25, 0.3) is 0 Å². The summed E-state index contributed by atoms with van der Waals surface area (Å²) in [6.45, 7) is 5.16. The van der Waals surface area contributed by atoms with Crippen molar-refractivity contribution in [2.75, 3.05) is 11.6 Å². The summed E-state index contributed by atoms with van der Waals surface area (Å²) in [6, 6.07) is -1.51. The molecule has 19 heavy (non-hydrogen) atoms. The van der Waals surface area contributed by atoms with Crippen LogP contribution in [0, 0.1) is 5.92 Å². The van der Waals surface area contributed by atoms with Crippen molar-refractivity contribution < 1.29 is 19.5 Å². The summed E-state index contributed by atoms with van der Waals surface area (Å²) >= 11 is 1.51. The summed E-state index contributed by atoms with van der Waals surface area (Å²) in [6.07, 6.45) is 0.722. The topological polar surface area (TPSA) is 86.7 Å². The molecule has 0 aliphatic carbocycles. The van der Waals surface area contributed by atoms with E-state index in [0.717, 1.165) is 6.42 Å². The van der Waals surface area contributed by atoms with Crippen molar-refractivity contribution in [3.8, 4) is 0 Å². The molecule has 1 aliphatic rings. The van der Waals surface area contributed by atoms with Crippen LogP contribution in [-0.4, -0.2) is 51.5 Å². The number of nitrogens with zero attached hydrogens (tertiary/aromatic N) is 1. The van der Waals surface area contributed by atoms with Gasteiger partial charge in [-0.3, -0.25) is 14.4 Å². The van der Waals surface area contributed by atoms with Gasteiger partial charge in [0.25, 0.3) is 0 Å². The van der Waals surface area contributed by atoms with E-state index in [1.165, 1.54) is 18.7 Å². The largest absolute Gasteiger partial charge is 0.480 e. The van der Waals surface area contributed by atoms with E-state index >= 15 is 0 Å². The fraction of sp³-hybridized carbons (Fsp3) is 0.750. The minimum Gasteiger partial charge on any atom is -0.480 e. The Morgan fingerprint density at radius 3 is 2.58 bits per heavy atom. The van der Waals surface area contributed by atoms with Gasteiger partial charge in [-0.1, -0.05) is 13.8 Å². The lowest BCUT2D eigenvalue weighted by molar-refractivity contribution is -0.144. The normalized spacial score (nSPS) is 21.8. The van der Waals surface area contributed by atoms with Gasteiger partial charge in [0.2, 0.25) is 11.8 Å². The highest BCUT2D eigenvalue weighted by atomic mass is 32.2. The van der Waals surface area contributed by atoms with Crippen molar-refractivity contribution >= 4 is 29.5 Å². The van der Waals surface area contributed by atoms with E-state index in [9.17, 15) is 14.4 Å². The fourth-order valence-electron chi connectivity index (χ4n) is 1.71. The summed E-state index contributed by atoms with van der Waals surface area (Å²) in [4.78, 5) is 36.4. The monoisotopic (exact) mass is 288 g/mol. The van der Waals surface area contributed by atoms with E-state index in [1.54, 1.807) is 4.90 Å². The molecule has 2 N–H and O–H groups in total. The quantitative estimate of drug-likeness (QED) is 0.770. The lowest BCUT2D eigenvalue weighted by Gasteiger charge is -2.26. The number of carbonyl (C=O) groups is 3. The van der Waals surface area contributed by atoms with E-state index in [2.05, 4.69) is 5.32 Å². The van der Waals surface area contributed by atoms with Gasteiger partial charge in [-0.05, 0) is 13.3 Å². The maximum atomic E-state index is 12.1. The number of amides is 2. The van der Waals surface area contributed by atoms with Crippen LogP contribution in [0.2, 0.25) is 0 Å². The third-order valence-electron chi connectivity index (χ3n) is 3.23. The number of hydrogen-bond donors (Lipinski definition) is 2. The lowest BCUT2D eigenvalue weighted by Crippen LogP contribution is -2.51. The summed E-state index contributed by atoms with van der Waals surface area (Å²) in [5, 5.41) is 11.2. The molecular formula is C12H20N2O4S. The molecule has 3 atom stereocenters. The first-order chi connectivity index (χ1) is 8.88. The molecule has 0 saturated carbocycles. The van der Waals surface area contributed by atoms with Gasteiger partial charge >= 0.3 is 5.97 Å². The minimum atomic E-state index is -1.08. The number of nitrogens with one attached hydrogen (secondary N) is 1. The Kier molecular flexibility index (Phi) is 5.65. The number of carboxylic acids is 1. The first-order valence-electron chi connectivity index (χ1n) is 6.29. The highest BCUT2D eigenvalue weighted by Crippen LogP contribution is 2.23. The molecule has 1 rings (SSSR count). The van der Waals surface area contributed by atoms with Crippen LogP contribution in [0.15, 0.2) is 0 Å². The van der Waals surface area contributed by atoms with Crippen LogP contribution >= 0.6 is 11.8 Å². The maximum Gasteiger partial charge on any atom is 0.325 e. The third kappa shape index (κ3) is 3.86. The summed E-state index contributed by atoms with van der Waals surface area (Å²) in [7, 11) is 0. The van der Waals surface area contributed by atoms with Gasteiger partial charge in [-0.25, -0.2) is 0 Å². The van der Waals surface area contributed by atoms with Crippen molar-refractivity contribution in [3.05, 3.63) is 0 Å². The SMILES string of the molecule is CCC(C)C(=O)N1CSCC1C(=O)N[C@H](C)C(=O)O.